The van der Waals surface area contributed by atoms with Crippen molar-refractivity contribution >= 4 is 22.9 Å². The number of hydrogen-bond donors (Lipinski definition) is 2. The van der Waals surface area contributed by atoms with Gasteiger partial charge in [0.05, 0.1) is 5.56 Å². The van der Waals surface area contributed by atoms with Gasteiger partial charge in [0.1, 0.15) is 5.75 Å². The van der Waals surface area contributed by atoms with Crippen LogP contribution in [0.2, 0.25) is 0 Å². The predicted octanol–water partition coefficient (Wildman–Crippen LogP) is 2.67. The van der Waals surface area contributed by atoms with Gasteiger partial charge in [-0.25, -0.2) is 5.43 Å². The molecule has 0 aliphatic rings. The first-order chi connectivity index (χ1) is 8.72. The number of hydrazone groups is 1. The summed E-state index contributed by atoms with van der Waals surface area (Å²) in [6.07, 6.45) is 2.33. The summed E-state index contributed by atoms with van der Waals surface area (Å²) < 4.78 is 0. The summed E-state index contributed by atoms with van der Waals surface area (Å²) in [4.78, 5) is 11.8. The van der Waals surface area contributed by atoms with Gasteiger partial charge in [-0.1, -0.05) is 31.2 Å². The maximum absolute atomic E-state index is 11.8. The molecule has 0 aliphatic carbocycles. The summed E-state index contributed by atoms with van der Waals surface area (Å²) >= 11 is 0. The SMILES string of the molecule is CC/C=N/NC(=O)c1cc2ccccc2cc1O. The molecule has 18 heavy (non-hydrogen) atoms. The molecule has 0 aliphatic heterocycles. The molecule has 2 rings (SSSR count). The number of phenols is 1. The van der Waals surface area contributed by atoms with Gasteiger partial charge in [-0.2, -0.15) is 5.10 Å². The molecule has 1 amide bonds. The third kappa shape index (κ3) is 2.48. The molecule has 0 fully saturated rings. The van der Waals surface area contributed by atoms with Crippen LogP contribution < -0.4 is 5.43 Å². The predicted molar refractivity (Wildman–Crippen MR) is 71.9 cm³/mol. The average Bonchev–Trinajstić information content (AvgIpc) is 2.38. The molecule has 0 radical (unpaired) electrons. The topological polar surface area (TPSA) is 61.7 Å². The molecule has 0 aromatic heterocycles. The van der Waals surface area contributed by atoms with Gasteiger partial charge >= 0.3 is 0 Å². The number of nitrogens with one attached hydrogen (secondary N) is 1. The second kappa shape index (κ2) is 5.31. The van der Waals surface area contributed by atoms with Gasteiger partial charge in [-0.3, -0.25) is 4.79 Å². The molecule has 2 N–H and O–H groups in total. The quantitative estimate of drug-likeness (QED) is 0.642. The van der Waals surface area contributed by atoms with E-state index in [0.717, 1.165) is 17.2 Å². The van der Waals surface area contributed by atoms with Crippen molar-refractivity contribution in [2.75, 3.05) is 0 Å². The Bertz CT molecular complexity index is 606. The highest BCUT2D eigenvalue weighted by Crippen LogP contribution is 2.24. The van der Waals surface area contributed by atoms with Gasteiger partial charge < -0.3 is 5.11 Å². The first-order valence-corrected chi connectivity index (χ1v) is 5.76. The summed E-state index contributed by atoms with van der Waals surface area (Å²) in [5, 5.41) is 15.4. The van der Waals surface area contributed by atoms with Gasteiger partial charge in [-0.05, 0) is 29.3 Å². The van der Waals surface area contributed by atoms with Crippen molar-refractivity contribution in [3.8, 4) is 5.75 Å². The molecule has 0 saturated heterocycles. The highest BCUT2D eigenvalue weighted by atomic mass is 16.3. The van der Waals surface area contributed by atoms with Gasteiger partial charge in [0.2, 0.25) is 0 Å². The third-order valence-corrected chi connectivity index (χ3v) is 2.55. The molecule has 0 bridgehead atoms. The van der Waals surface area contributed by atoms with Crippen molar-refractivity contribution < 1.29 is 9.90 Å². The zero-order valence-corrected chi connectivity index (χ0v) is 10.1. The lowest BCUT2D eigenvalue weighted by atomic mass is 10.1. The van der Waals surface area contributed by atoms with Gasteiger partial charge in [-0.15, -0.1) is 0 Å². The largest absolute Gasteiger partial charge is 0.507 e. The van der Waals surface area contributed by atoms with E-state index < -0.39 is 5.91 Å². The van der Waals surface area contributed by atoms with Crippen molar-refractivity contribution in [3.63, 3.8) is 0 Å². The number of fused-ring (bicyclic) bond motifs is 1. The van der Waals surface area contributed by atoms with E-state index in [1.165, 1.54) is 0 Å². The summed E-state index contributed by atoms with van der Waals surface area (Å²) in [6, 6.07) is 10.8. The smallest absolute Gasteiger partial charge is 0.275 e. The Hall–Kier alpha value is -2.36. The Morgan fingerprint density at radius 2 is 2.00 bits per heavy atom. The molecule has 0 saturated carbocycles. The van der Waals surface area contributed by atoms with Crippen molar-refractivity contribution in [1.29, 1.82) is 0 Å². The van der Waals surface area contributed by atoms with E-state index in [9.17, 15) is 9.90 Å². The van der Waals surface area contributed by atoms with E-state index in [0.29, 0.717) is 0 Å². The van der Waals surface area contributed by atoms with Crippen LogP contribution in [0.4, 0.5) is 0 Å². The number of aromatic hydroxyl groups is 1. The Morgan fingerprint density at radius 1 is 1.33 bits per heavy atom. The van der Waals surface area contributed by atoms with Gasteiger partial charge in [0.25, 0.3) is 5.91 Å². The first kappa shape index (κ1) is 12.1. The second-order valence-electron chi connectivity index (χ2n) is 3.88. The lowest BCUT2D eigenvalue weighted by molar-refractivity contribution is 0.0952. The molecule has 92 valence electrons. The van der Waals surface area contributed by atoms with Crippen LogP contribution in [0, 0.1) is 0 Å². The minimum atomic E-state index is -0.414. The zero-order valence-electron chi connectivity index (χ0n) is 10.1. The maximum atomic E-state index is 11.8. The van der Waals surface area contributed by atoms with E-state index in [4.69, 9.17) is 0 Å². The number of amides is 1. The number of carbonyl (C=O) groups is 1. The van der Waals surface area contributed by atoms with Crippen LogP contribution in [0.25, 0.3) is 10.8 Å². The minimum Gasteiger partial charge on any atom is -0.507 e. The number of hydrogen-bond acceptors (Lipinski definition) is 3. The molecule has 0 atom stereocenters. The van der Waals surface area contributed by atoms with Crippen LogP contribution in [0.1, 0.15) is 23.7 Å². The summed E-state index contributed by atoms with van der Waals surface area (Å²) in [5.74, 6) is -0.458. The van der Waals surface area contributed by atoms with Crippen LogP contribution in [0.15, 0.2) is 41.5 Å². The Balaban J connectivity index is 2.35. The van der Waals surface area contributed by atoms with E-state index >= 15 is 0 Å². The summed E-state index contributed by atoms with van der Waals surface area (Å²) in [5.41, 5.74) is 2.60. The van der Waals surface area contributed by atoms with E-state index in [-0.39, 0.29) is 11.3 Å². The Kier molecular flexibility index (Phi) is 3.57. The number of rotatable bonds is 3. The second-order valence-corrected chi connectivity index (χ2v) is 3.88. The zero-order chi connectivity index (χ0) is 13.0. The summed E-state index contributed by atoms with van der Waals surface area (Å²) in [6.45, 7) is 1.92. The standard InChI is InChI=1S/C14H14N2O2/c1-2-7-15-16-14(18)12-8-10-5-3-4-6-11(10)9-13(12)17/h3-9,17H,2H2,1H3,(H,16,18)/b15-7+. The fourth-order valence-electron chi connectivity index (χ4n) is 1.67. The van der Waals surface area contributed by atoms with Crippen LogP contribution in [-0.4, -0.2) is 17.2 Å². The number of nitrogens with zero attached hydrogens (tertiary/aromatic N) is 1. The Morgan fingerprint density at radius 3 is 2.67 bits per heavy atom. The van der Waals surface area contributed by atoms with Gasteiger partial charge in [0, 0.05) is 6.21 Å². The number of phenolic OH excluding ortho intramolecular Hbond substituents is 1. The van der Waals surface area contributed by atoms with Gasteiger partial charge in [0.15, 0.2) is 0 Å². The summed E-state index contributed by atoms with van der Waals surface area (Å²) in [7, 11) is 0. The Labute approximate surface area is 105 Å². The monoisotopic (exact) mass is 242 g/mol. The first-order valence-electron chi connectivity index (χ1n) is 5.76. The lowest BCUT2D eigenvalue weighted by Gasteiger charge is -2.05. The molecule has 0 spiro atoms. The van der Waals surface area contributed by atoms with Crippen molar-refractivity contribution in [2.24, 2.45) is 5.10 Å². The molecule has 2 aromatic rings. The van der Waals surface area contributed by atoms with Crippen molar-refractivity contribution in [1.82, 2.24) is 5.43 Å². The molecule has 4 heteroatoms. The van der Waals surface area contributed by atoms with E-state index in [2.05, 4.69) is 10.5 Å². The van der Waals surface area contributed by atoms with E-state index in [1.54, 1.807) is 18.3 Å². The highest BCUT2D eigenvalue weighted by molar-refractivity contribution is 6.01. The molecular formula is C14H14N2O2. The number of benzene rings is 2. The molecule has 2 aromatic carbocycles. The lowest BCUT2D eigenvalue weighted by Crippen LogP contribution is -2.17. The van der Waals surface area contributed by atoms with Crippen LogP contribution in [-0.2, 0) is 0 Å². The minimum absolute atomic E-state index is 0.0436. The molecule has 0 heterocycles. The highest BCUT2D eigenvalue weighted by Gasteiger charge is 2.11. The van der Waals surface area contributed by atoms with Crippen LogP contribution in [0.3, 0.4) is 0 Å². The number of carbonyl (C=O) groups excluding carboxylic acids is 1. The molecule has 0 unspecified atom stereocenters. The van der Waals surface area contributed by atoms with Crippen molar-refractivity contribution in [2.45, 2.75) is 13.3 Å². The van der Waals surface area contributed by atoms with Crippen LogP contribution in [0.5, 0.6) is 5.75 Å². The van der Waals surface area contributed by atoms with Crippen LogP contribution >= 0.6 is 0 Å². The maximum Gasteiger partial charge on any atom is 0.275 e. The normalized spacial score (nSPS) is 10.9. The van der Waals surface area contributed by atoms with E-state index in [1.807, 2.05) is 31.2 Å². The average molecular weight is 242 g/mol. The molecular weight excluding hydrogens is 228 g/mol. The van der Waals surface area contributed by atoms with Crippen molar-refractivity contribution in [3.05, 3.63) is 42.0 Å². The molecule has 4 nitrogen and oxygen atoms in total. The fraction of sp³-hybridized carbons (Fsp3) is 0.143. The fourth-order valence-corrected chi connectivity index (χ4v) is 1.67. The third-order valence-electron chi connectivity index (χ3n) is 2.55.